The summed E-state index contributed by atoms with van der Waals surface area (Å²) in [6, 6.07) is 14.6. The number of imide groups is 1. The van der Waals surface area contributed by atoms with Gasteiger partial charge in [-0.25, -0.2) is 0 Å². The van der Waals surface area contributed by atoms with E-state index in [1.54, 1.807) is 12.1 Å². The van der Waals surface area contributed by atoms with E-state index in [9.17, 15) is 9.59 Å². The van der Waals surface area contributed by atoms with Crippen molar-refractivity contribution in [3.63, 3.8) is 0 Å². The van der Waals surface area contributed by atoms with Crippen molar-refractivity contribution in [1.29, 1.82) is 0 Å². The molecule has 1 saturated carbocycles. The minimum atomic E-state index is -0.418. The van der Waals surface area contributed by atoms with Crippen LogP contribution < -0.4 is 0 Å². The summed E-state index contributed by atoms with van der Waals surface area (Å²) in [5, 5.41) is 6.61. The molecule has 2 atom stereocenters. The van der Waals surface area contributed by atoms with Gasteiger partial charge in [0.25, 0.3) is 11.8 Å². The molecule has 128 valence electrons. The van der Waals surface area contributed by atoms with Crippen LogP contribution in [0.3, 0.4) is 0 Å². The van der Waals surface area contributed by atoms with Gasteiger partial charge in [0.05, 0.1) is 17.3 Å². The normalized spacial score (nSPS) is 21.8. The molecule has 1 aliphatic heterocycles. The predicted molar refractivity (Wildman–Crippen MR) is 97.3 cm³/mol. The number of furan rings is 1. The average molecular weight is 344 g/mol. The molecule has 2 heterocycles. The van der Waals surface area contributed by atoms with Gasteiger partial charge in [-0.1, -0.05) is 31.2 Å². The minimum absolute atomic E-state index is 0.418. The number of carbonyl (C=O) groups is 2. The smallest absolute Gasteiger partial charge is 0.282 e. The maximum Gasteiger partial charge on any atom is 0.282 e. The summed E-state index contributed by atoms with van der Waals surface area (Å²) in [6.07, 6.45) is 2.56. The summed E-state index contributed by atoms with van der Waals surface area (Å²) >= 11 is 0. The van der Waals surface area contributed by atoms with Gasteiger partial charge >= 0.3 is 0 Å². The van der Waals surface area contributed by atoms with Gasteiger partial charge in [0, 0.05) is 11.3 Å². The van der Waals surface area contributed by atoms with E-state index in [0.717, 1.165) is 22.6 Å². The molecule has 1 aromatic heterocycles. The lowest BCUT2D eigenvalue weighted by Crippen LogP contribution is -2.36. The number of hydrogen-bond acceptors (Lipinski definition) is 4. The Labute approximate surface area is 149 Å². The van der Waals surface area contributed by atoms with Crippen LogP contribution in [0, 0.1) is 5.92 Å². The molecule has 0 unspecified atom stereocenters. The van der Waals surface area contributed by atoms with Gasteiger partial charge in [-0.3, -0.25) is 9.59 Å². The van der Waals surface area contributed by atoms with E-state index in [1.165, 1.54) is 6.21 Å². The van der Waals surface area contributed by atoms with Crippen molar-refractivity contribution in [1.82, 2.24) is 5.01 Å². The Morgan fingerprint density at radius 2 is 1.69 bits per heavy atom. The molecule has 1 fully saturated rings. The first-order valence-electron chi connectivity index (χ1n) is 8.68. The number of amides is 2. The Hall–Kier alpha value is -3.21. The Morgan fingerprint density at radius 3 is 2.31 bits per heavy atom. The molecule has 5 nitrogen and oxygen atoms in total. The fourth-order valence-corrected chi connectivity index (χ4v) is 3.59. The average Bonchev–Trinajstić information content (AvgIpc) is 3.19. The number of rotatable bonds is 3. The second-order valence-corrected chi connectivity index (χ2v) is 6.94. The van der Waals surface area contributed by atoms with Crippen LogP contribution in [-0.2, 0) is 0 Å². The fraction of sp³-hybridized carbons (Fsp3) is 0.190. The molecule has 5 heteroatoms. The summed E-state index contributed by atoms with van der Waals surface area (Å²) in [5.41, 5.74) is 0.976. The second kappa shape index (κ2) is 5.39. The third-order valence-electron chi connectivity index (χ3n) is 5.17. The van der Waals surface area contributed by atoms with Crippen molar-refractivity contribution < 1.29 is 14.0 Å². The quantitative estimate of drug-likeness (QED) is 0.529. The monoisotopic (exact) mass is 344 g/mol. The highest BCUT2D eigenvalue weighted by Gasteiger charge is 2.36. The van der Waals surface area contributed by atoms with E-state index in [2.05, 4.69) is 12.0 Å². The Bertz CT molecular complexity index is 1040. The molecule has 26 heavy (non-hydrogen) atoms. The topological polar surface area (TPSA) is 62.9 Å². The molecular formula is C21H16N2O3. The third-order valence-corrected chi connectivity index (χ3v) is 5.17. The van der Waals surface area contributed by atoms with Crippen LogP contribution in [0.5, 0.6) is 0 Å². The largest absolute Gasteiger partial charge is 0.460 e. The van der Waals surface area contributed by atoms with E-state index in [0.29, 0.717) is 34.1 Å². The third kappa shape index (κ3) is 2.20. The molecule has 2 amide bonds. The lowest BCUT2D eigenvalue weighted by atomic mass is 9.95. The number of hydrazone groups is 1. The van der Waals surface area contributed by atoms with Gasteiger partial charge in [-0.2, -0.15) is 10.1 Å². The first-order chi connectivity index (χ1) is 12.6. The highest BCUT2D eigenvalue weighted by molar-refractivity contribution is 6.25. The number of carbonyl (C=O) groups excluding carboxylic acids is 2. The highest BCUT2D eigenvalue weighted by atomic mass is 16.3. The van der Waals surface area contributed by atoms with E-state index < -0.39 is 11.8 Å². The van der Waals surface area contributed by atoms with Crippen molar-refractivity contribution >= 4 is 28.8 Å². The summed E-state index contributed by atoms with van der Waals surface area (Å²) in [4.78, 5) is 25.5. The van der Waals surface area contributed by atoms with Crippen LogP contribution >= 0.6 is 0 Å². The molecule has 2 aromatic carbocycles. The van der Waals surface area contributed by atoms with E-state index >= 15 is 0 Å². The maximum absolute atomic E-state index is 12.8. The van der Waals surface area contributed by atoms with Crippen LogP contribution in [-0.4, -0.2) is 23.0 Å². The first-order valence-corrected chi connectivity index (χ1v) is 8.68. The minimum Gasteiger partial charge on any atom is -0.460 e. The number of benzene rings is 2. The molecule has 0 spiro atoms. The molecule has 0 N–H and O–H groups in total. The second-order valence-electron chi connectivity index (χ2n) is 6.94. The molecule has 0 bridgehead atoms. The van der Waals surface area contributed by atoms with E-state index in [1.807, 2.05) is 36.4 Å². The van der Waals surface area contributed by atoms with Crippen LogP contribution in [0.25, 0.3) is 10.8 Å². The first kappa shape index (κ1) is 15.1. The Balaban J connectivity index is 1.49. The number of nitrogens with zero attached hydrogens (tertiary/aromatic N) is 2. The molecule has 1 aliphatic carbocycles. The maximum atomic E-state index is 12.8. The summed E-state index contributed by atoms with van der Waals surface area (Å²) in [6.45, 7) is 2.18. The lowest BCUT2D eigenvalue weighted by molar-refractivity contribution is 0.0616. The van der Waals surface area contributed by atoms with E-state index in [-0.39, 0.29) is 0 Å². The van der Waals surface area contributed by atoms with Crippen LogP contribution in [0.1, 0.15) is 51.5 Å². The van der Waals surface area contributed by atoms with E-state index in [4.69, 9.17) is 4.42 Å². The van der Waals surface area contributed by atoms with Crippen LogP contribution in [0.2, 0.25) is 0 Å². The molecule has 5 rings (SSSR count). The Kier molecular flexibility index (Phi) is 3.13. The highest BCUT2D eigenvalue weighted by Crippen LogP contribution is 2.47. The summed E-state index contributed by atoms with van der Waals surface area (Å²) < 4.78 is 5.77. The van der Waals surface area contributed by atoms with Crippen molar-refractivity contribution in [2.45, 2.75) is 19.3 Å². The zero-order valence-electron chi connectivity index (χ0n) is 14.2. The summed E-state index contributed by atoms with van der Waals surface area (Å²) in [7, 11) is 0. The molecule has 0 radical (unpaired) electrons. The van der Waals surface area contributed by atoms with Crippen molar-refractivity contribution in [3.05, 3.63) is 71.2 Å². The van der Waals surface area contributed by atoms with Crippen molar-refractivity contribution in [2.24, 2.45) is 11.0 Å². The lowest BCUT2D eigenvalue weighted by Gasteiger charge is -2.22. The van der Waals surface area contributed by atoms with Crippen molar-refractivity contribution in [3.8, 4) is 0 Å². The van der Waals surface area contributed by atoms with Crippen LogP contribution in [0.15, 0.2) is 58.0 Å². The molecule has 2 aliphatic rings. The zero-order chi connectivity index (χ0) is 17.8. The van der Waals surface area contributed by atoms with Gasteiger partial charge < -0.3 is 4.42 Å². The molecule has 0 saturated heterocycles. The van der Waals surface area contributed by atoms with Crippen molar-refractivity contribution in [2.75, 3.05) is 0 Å². The van der Waals surface area contributed by atoms with Gasteiger partial charge in [0.15, 0.2) is 0 Å². The van der Waals surface area contributed by atoms with Crippen LogP contribution in [0.4, 0.5) is 0 Å². The molecule has 3 aromatic rings. The zero-order valence-corrected chi connectivity index (χ0v) is 14.2. The Morgan fingerprint density at radius 1 is 1.04 bits per heavy atom. The van der Waals surface area contributed by atoms with Gasteiger partial charge in [-0.15, -0.1) is 0 Å². The van der Waals surface area contributed by atoms with Gasteiger partial charge in [0.1, 0.15) is 11.5 Å². The predicted octanol–water partition coefficient (Wildman–Crippen LogP) is 4.19. The van der Waals surface area contributed by atoms with Gasteiger partial charge in [-0.05, 0) is 42.0 Å². The molecular weight excluding hydrogens is 328 g/mol. The standard InChI is InChI=1S/C21H16N2O3/c1-12-10-17(12)18-9-8-14(26-18)11-22-23-20(24)15-6-2-4-13-5-3-7-16(19(13)15)21(23)25/h2-9,11-12,17H,10H2,1H3/b22-11-/t12-,17-/m1/s1. The summed E-state index contributed by atoms with van der Waals surface area (Å²) in [5.74, 6) is 1.76. The number of hydrogen-bond donors (Lipinski definition) is 0. The fourth-order valence-electron chi connectivity index (χ4n) is 3.59. The SMILES string of the molecule is C[C@@H]1C[C@H]1c1ccc(/C=N\N2C(=O)c3cccc4cccc(c34)C2=O)o1. The van der Waals surface area contributed by atoms with Gasteiger partial charge in [0.2, 0.25) is 0 Å².